The summed E-state index contributed by atoms with van der Waals surface area (Å²) in [5.74, 6) is 0.0755. The summed E-state index contributed by atoms with van der Waals surface area (Å²) >= 11 is 0. The predicted molar refractivity (Wildman–Crippen MR) is 55.1 cm³/mol. The third kappa shape index (κ3) is 4.58. The van der Waals surface area contributed by atoms with Gasteiger partial charge in [0, 0.05) is 25.3 Å². The van der Waals surface area contributed by atoms with E-state index in [1.807, 2.05) is 13.8 Å². The average molecular weight is 200 g/mol. The van der Waals surface area contributed by atoms with Gasteiger partial charge in [0.2, 0.25) is 5.91 Å². The fourth-order valence-corrected chi connectivity index (χ4v) is 1.51. The van der Waals surface area contributed by atoms with Gasteiger partial charge in [0.25, 0.3) is 0 Å². The Kier molecular flexibility index (Phi) is 4.90. The zero-order chi connectivity index (χ0) is 10.4. The summed E-state index contributed by atoms with van der Waals surface area (Å²) in [6, 6.07) is 0.667. The highest BCUT2D eigenvalue weighted by Crippen LogP contribution is 2.05. The van der Waals surface area contributed by atoms with Crippen LogP contribution in [0.3, 0.4) is 0 Å². The largest absolute Gasteiger partial charge is 0.381 e. The molecule has 1 heterocycles. The van der Waals surface area contributed by atoms with Gasteiger partial charge in [-0.15, -0.1) is 0 Å². The molecule has 0 spiro atoms. The van der Waals surface area contributed by atoms with Gasteiger partial charge in [0.15, 0.2) is 0 Å². The Hall–Kier alpha value is -0.610. The third-order valence-electron chi connectivity index (χ3n) is 2.22. The molecule has 1 amide bonds. The molecule has 0 radical (unpaired) electrons. The lowest BCUT2D eigenvalue weighted by Crippen LogP contribution is -2.43. The maximum Gasteiger partial charge on any atom is 0.234 e. The van der Waals surface area contributed by atoms with Crippen LogP contribution in [0, 0.1) is 0 Å². The van der Waals surface area contributed by atoms with Crippen molar-refractivity contribution in [1.29, 1.82) is 0 Å². The monoisotopic (exact) mass is 200 g/mol. The Balaban J connectivity index is 2.09. The van der Waals surface area contributed by atoms with Crippen LogP contribution in [0.25, 0.3) is 0 Å². The lowest BCUT2D eigenvalue weighted by molar-refractivity contribution is -0.121. The van der Waals surface area contributed by atoms with E-state index in [0.29, 0.717) is 12.6 Å². The van der Waals surface area contributed by atoms with Crippen molar-refractivity contribution in [1.82, 2.24) is 10.6 Å². The lowest BCUT2D eigenvalue weighted by atomic mass is 10.1. The van der Waals surface area contributed by atoms with Crippen molar-refractivity contribution < 1.29 is 9.53 Å². The zero-order valence-electron chi connectivity index (χ0n) is 9.01. The van der Waals surface area contributed by atoms with Crippen LogP contribution in [-0.2, 0) is 9.53 Å². The minimum Gasteiger partial charge on any atom is -0.381 e. The average Bonchev–Trinajstić information content (AvgIpc) is 2.15. The maximum absolute atomic E-state index is 11.3. The van der Waals surface area contributed by atoms with Gasteiger partial charge < -0.3 is 15.4 Å². The molecule has 4 nitrogen and oxygen atoms in total. The van der Waals surface area contributed by atoms with Gasteiger partial charge >= 0.3 is 0 Å². The van der Waals surface area contributed by atoms with Crippen LogP contribution in [0.2, 0.25) is 0 Å². The number of carbonyl (C=O) groups excluding carboxylic acids is 1. The van der Waals surface area contributed by atoms with Gasteiger partial charge in [0.1, 0.15) is 0 Å². The van der Waals surface area contributed by atoms with Crippen molar-refractivity contribution >= 4 is 5.91 Å². The van der Waals surface area contributed by atoms with Gasteiger partial charge in [-0.05, 0) is 26.7 Å². The Labute approximate surface area is 85.4 Å². The Morgan fingerprint density at radius 2 is 2.07 bits per heavy atom. The molecule has 1 aliphatic rings. The van der Waals surface area contributed by atoms with E-state index < -0.39 is 0 Å². The van der Waals surface area contributed by atoms with Crippen LogP contribution in [0.4, 0.5) is 0 Å². The van der Waals surface area contributed by atoms with Gasteiger partial charge in [-0.1, -0.05) is 0 Å². The number of amides is 1. The van der Waals surface area contributed by atoms with E-state index >= 15 is 0 Å². The van der Waals surface area contributed by atoms with Crippen molar-refractivity contribution in [3.8, 4) is 0 Å². The second kappa shape index (κ2) is 5.98. The fourth-order valence-electron chi connectivity index (χ4n) is 1.51. The highest BCUT2D eigenvalue weighted by Gasteiger charge is 2.14. The molecule has 82 valence electrons. The number of hydrogen-bond donors (Lipinski definition) is 2. The van der Waals surface area contributed by atoms with E-state index in [9.17, 15) is 4.79 Å². The van der Waals surface area contributed by atoms with Crippen molar-refractivity contribution in [3.63, 3.8) is 0 Å². The molecule has 2 N–H and O–H groups in total. The molecule has 0 aromatic rings. The van der Waals surface area contributed by atoms with Crippen LogP contribution in [0.5, 0.6) is 0 Å². The van der Waals surface area contributed by atoms with Crippen molar-refractivity contribution in [2.75, 3.05) is 19.8 Å². The van der Waals surface area contributed by atoms with Crippen molar-refractivity contribution in [2.24, 2.45) is 0 Å². The van der Waals surface area contributed by atoms with E-state index in [1.165, 1.54) is 0 Å². The summed E-state index contributed by atoms with van der Waals surface area (Å²) in [4.78, 5) is 11.3. The van der Waals surface area contributed by atoms with E-state index in [4.69, 9.17) is 4.74 Å². The van der Waals surface area contributed by atoms with E-state index in [0.717, 1.165) is 26.1 Å². The first-order chi connectivity index (χ1) is 6.68. The summed E-state index contributed by atoms with van der Waals surface area (Å²) in [6.45, 7) is 5.97. The van der Waals surface area contributed by atoms with Crippen LogP contribution >= 0.6 is 0 Å². The van der Waals surface area contributed by atoms with Crippen molar-refractivity contribution in [3.05, 3.63) is 0 Å². The van der Waals surface area contributed by atoms with E-state index in [2.05, 4.69) is 10.6 Å². The highest BCUT2D eigenvalue weighted by atomic mass is 16.5. The Bertz CT molecular complexity index is 177. The third-order valence-corrected chi connectivity index (χ3v) is 2.22. The molecule has 0 aromatic heterocycles. The van der Waals surface area contributed by atoms with Crippen LogP contribution < -0.4 is 10.6 Å². The topological polar surface area (TPSA) is 50.4 Å². The van der Waals surface area contributed by atoms with Crippen LogP contribution in [0.15, 0.2) is 0 Å². The summed E-state index contributed by atoms with van der Waals surface area (Å²) in [5.41, 5.74) is 0. The zero-order valence-corrected chi connectivity index (χ0v) is 9.01. The molecule has 0 aliphatic carbocycles. The second-order valence-corrected chi connectivity index (χ2v) is 3.99. The smallest absolute Gasteiger partial charge is 0.234 e. The first-order valence-corrected chi connectivity index (χ1v) is 5.29. The fraction of sp³-hybridized carbons (Fsp3) is 0.900. The molecular formula is C10H20N2O2. The molecule has 14 heavy (non-hydrogen) atoms. The van der Waals surface area contributed by atoms with Gasteiger partial charge in [-0.25, -0.2) is 0 Å². The molecule has 4 heteroatoms. The molecule has 0 unspecified atom stereocenters. The summed E-state index contributed by atoms with van der Waals surface area (Å²) in [5, 5.41) is 6.08. The quantitative estimate of drug-likeness (QED) is 0.685. The van der Waals surface area contributed by atoms with E-state index in [1.54, 1.807) is 0 Å². The SMILES string of the molecule is CC(C)NC(=O)CNC1CCOCC1. The van der Waals surface area contributed by atoms with Crippen LogP contribution in [0.1, 0.15) is 26.7 Å². The normalized spacial score (nSPS) is 18.5. The molecule has 0 aromatic carbocycles. The second-order valence-electron chi connectivity index (χ2n) is 3.99. The molecule has 1 rings (SSSR count). The predicted octanol–water partition coefficient (Wildman–Crippen LogP) is 0.280. The van der Waals surface area contributed by atoms with Crippen molar-refractivity contribution in [2.45, 2.75) is 38.8 Å². The number of nitrogens with one attached hydrogen (secondary N) is 2. The first-order valence-electron chi connectivity index (χ1n) is 5.29. The summed E-state index contributed by atoms with van der Waals surface area (Å²) < 4.78 is 5.23. The molecular weight excluding hydrogens is 180 g/mol. The molecule has 1 fully saturated rings. The number of carbonyl (C=O) groups is 1. The number of hydrogen-bond acceptors (Lipinski definition) is 3. The molecule has 0 saturated carbocycles. The first kappa shape index (κ1) is 11.5. The molecule has 0 bridgehead atoms. The Morgan fingerprint density at radius 3 is 2.64 bits per heavy atom. The summed E-state index contributed by atoms with van der Waals surface area (Å²) in [7, 11) is 0. The minimum atomic E-state index is 0.0755. The number of ether oxygens (including phenoxy) is 1. The van der Waals surface area contributed by atoms with Gasteiger partial charge in [-0.3, -0.25) is 4.79 Å². The lowest BCUT2D eigenvalue weighted by Gasteiger charge is -2.23. The highest BCUT2D eigenvalue weighted by molar-refractivity contribution is 5.78. The minimum absolute atomic E-state index is 0.0755. The Morgan fingerprint density at radius 1 is 1.43 bits per heavy atom. The molecule has 1 aliphatic heterocycles. The standard InChI is InChI=1S/C10H20N2O2/c1-8(2)12-10(13)7-11-9-3-5-14-6-4-9/h8-9,11H,3-7H2,1-2H3,(H,12,13). The van der Waals surface area contributed by atoms with Gasteiger partial charge in [-0.2, -0.15) is 0 Å². The number of rotatable bonds is 4. The van der Waals surface area contributed by atoms with Crippen LogP contribution in [-0.4, -0.2) is 37.7 Å². The summed E-state index contributed by atoms with van der Waals surface area (Å²) in [6.07, 6.45) is 2.02. The van der Waals surface area contributed by atoms with Gasteiger partial charge in [0.05, 0.1) is 6.54 Å². The maximum atomic E-state index is 11.3. The molecule has 0 atom stereocenters. The van der Waals surface area contributed by atoms with E-state index in [-0.39, 0.29) is 11.9 Å². The molecule has 1 saturated heterocycles.